The molecule has 1 aliphatic rings. The van der Waals surface area contributed by atoms with Gasteiger partial charge in [0.05, 0.1) is 34.9 Å². The number of methoxy groups -OCH3 is 1. The maximum Gasteiger partial charge on any atom is 0.233 e. The minimum absolute atomic E-state index is 0.0269. The highest BCUT2D eigenvalue weighted by Gasteiger charge is 2.33. The van der Waals surface area contributed by atoms with Crippen molar-refractivity contribution in [3.05, 3.63) is 41.3 Å². The van der Waals surface area contributed by atoms with Gasteiger partial charge in [0.2, 0.25) is 5.91 Å². The van der Waals surface area contributed by atoms with Crippen molar-refractivity contribution in [2.75, 3.05) is 31.4 Å². The van der Waals surface area contributed by atoms with Gasteiger partial charge in [-0.2, -0.15) is 0 Å². The van der Waals surface area contributed by atoms with Crippen molar-refractivity contribution < 1.29 is 17.9 Å². The van der Waals surface area contributed by atoms with E-state index in [0.717, 1.165) is 16.1 Å². The molecule has 1 aromatic carbocycles. The fraction of sp³-hybridized carbons (Fsp3) is 0.381. The molecule has 0 radical (unpaired) electrons. The first-order chi connectivity index (χ1) is 15.3. The monoisotopic (exact) mass is 492 g/mol. The lowest BCUT2D eigenvalue weighted by atomic mass is 10.2. The Hall–Kier alpha value is -2.37. The molecule has 32 heavy (non-hydrogen) atoms. The van der Waals surface area contributed by atoms with Gasteiger partial charge in [-0.1, -0.05) is 23.9 Å². The first-order valence-electron chi connectivity index (χ1n) is 10.0. The van der Waals surface area contributed by atoms with E-state index in [2.05, 4.69) is 10.2 Å². The molecule has 11 heteroatoms. The number of amides is 1. The van der Waals surface area contributed by atoms with Crippen molar-refractivity contribution in [1.29, 1.82) is 0 Å². The number of nitrogens with zero attached hydrogens (tertiary/aromatic N) is 4. The summed E-state index contributed by atoms with van der Waals surface area (Å²) >= 11 is 2.83. The zero-order valence-electron chi connectivity index (χ0n) is 18.0. The summed E-state index contributed by atoms with van der Waals surface area (Å²) in [6.45, 7) is 2.00. The summed E-state index contributed by atoms with van der Waals surface area (Å²) in [6, 6.07) is 9.52. The van der Waals surface area contributed by atoms with Gasteiger partial charge in [-0.05, 0) is 42.5 Å². The van der Waals surface area contributed by atoms with E-state index in [1.807, 2.05) is 47.2 Å². The number of sulfone groups is 1. The highest BCUT2D eigenvalue weighted by atomic mass is 32.2. The predicted molar refractivity (Wildman–Crippen MR) is 127 cm³/mol. The predicted octanol–water partition coefficient (Wildman–Crippen LogP) is 3.05. The summed E-state index contributed by atoms with van der Waals surface area (Å²) < 4.78 is 31.1. The molecule has 1 saturated heterocycles. The van der Waals surface area contributed by atoms with Crippen LogP contribution in [-0.2, 0) is 14.6 Å². The quantitative estimate of drug-likeness (QED) is 0.468. The standard InChI is InChI=1S/C21H24N4O4S3/c1-14-6-7-17(29-3)16(11-14)25-20(18-5-4-9-30-18)22-23-21(25)31-12-19(26)24(2)15-8-10-32(27,28)13-15/h4-7,9,11,15H,8,10,12-13H2,1-3H3. The third-order valence-electron chi connectivity index (χ3n) is 5.42. The molecular formula is C21H24N4O4S3. The highest BCUT2D eigenvalue weighted by Crippen LogP contribution is 2.34. The van der Waals surface area contributed by atoms with Crippen LogP contribution in [0.5, 0.6) is 5.75 Å². The van der Waals surface area contributed by atoms with Crippen LogP contribution in [0.3, 0.4) is 0 Å². The second kappa shape index (κ2) is 9.24. The molecule has 1 unspecified atom stereocenters. The number of carbonyl (C=O) groups excluding carboxylic acids is 1. The minimum atomic E-state index is -3.06. The van der Waals surface area contributed by atoms with Gasteiger partial charge in [0, 0.05) is 13.1 Å². The van der Waals surface area contributed by atoms with Crippen LogP contribution >= 0.6 is 23.1 Å². The average molecular weight is 493 g/mol. The van der Waals surface area contributed by atoms with Crippen molar-refractivity contribution >= 4 is 38.8 Å². The molecule has 3 heterocycles. The van der Waals surface area contributed by atoms with E-state index in [1.165, 1.54) is 11.8 Å². The number of ether oxygens (including phenoxy) is 1. The second-order valence-corrected chi connectivity index (χ2v) is 11.8. The van der Waals surface area contributed by atoms with E-state index >= 15 is 0 Å². The molecule has 0 saturated carbocycles. The molecule has 0 N–H and O–H groups in total. The lowest BCUT2D eigenvalue weighted by Crippen LogP contribution is -2.38. The van der Waals surface area contributed by atoms with Crippen molar-refractivity contribution in [2.45, 2.75) is 24.5 Å². The number of hydrogen-bond donors (Lipinski definition) is 0. The summed E-state index contributed by atoms with van der Waals surface area (Å²) in [7, 11) is 0.225. The van der Waals surface area contributed by atoms with E-state index in [-0.39, 0.29) is 29.2 Å². The Bertz CT molecular complexity index is 1220. The Morgan fingerprint density at radius 1 is 1.34 bits per heavy atom. The van der Waals surface area contributed by atoms with Gasteiger partial charge in [0.15, 0.2) is 20.8 Å². The van der Waals surface area contributed by atoms with E-state index < -0.39 is 9.84 Å². The number of rotatable bonds is 7. The third kappa shape index (κ3) is 4.69. The largest absolute Gasteiger partial charge is 0.495 e. The van der Waals surface area contributed by atoms with Crippen molar-refractivity contribution in [3.63, 3.8) is 0 Å². The summed E-state index contributed by atoms with van der Waals surface area (Å²) in [5.74, 6) is 1.50. The maximum atomic E-state index is 12.8. The SMILES string of the molecule is COc1ccc(C)cc1-n1c(SCC(=O)N(C)C2CCS(=O)(=O)C2)nnc1-c1cccs1. The van der Waals surface area contributed by atoms with Crippen LogP contribution in [-0.4, -0.2) is 71.4 Å². The average Bonchev–Trinajstić information content (AvgIpc) is 3.50. The fourth-order valence-electron chi connectivity index (χ4n) is 3.63. The van der Waals surface area contributed by atoms with Crippen LogP contribution in [0.1, 0.15) is 12.0 Å². The second-order valence-electron chi connectivity index (χ2n) is 7.64. The van der Waals surface area contributed by atoms with Crippen LogP contribution in [0, 0.1) is 6.92 Å². The normalized spacial score (nSPS) is 17.4. The highest BCUT2D eigenvalue weighted by molar-refractivity contribution is 7.99. The smallest absolute Gasteiger partial charge is 0.233 e. The lowest BCUT2D eigenvalue weighted by molar-refractivity contribution is -0.128. The molecule has 8 nitrogen and oxygen atoms in total. The molecule has 1 amide bonds. The van der Waals surface area contributed by atoms with Crippen molar-refractivity contribution in [3.8, 4) is 22.1 Å². The molecular weight excluding hydrogens is 468 g/mol. The Kier molecular flexibility index (Phi) is 6.59. The lowest BCUT2D eigenvalue weighted by Gasteiger charge is -2.23. The zero-order valence-corrected chi connectivity index (χ0v) is 20.5. The van der Waals surface area contributed by atoms with Crippen molar-refractivity contribution in [2.24, 2.45) is 0 Å². The number of carbonyl (C=O) groups is 1. The van der Waals surface area contributed by atoms with Crippen LogP contribution in [0.4, 0.5) is 0 Å². The molecule has 1 aliphatic heterocycles. The van der Waals surface area contributed by atoms with Gasteiger partial charge >= 0.3 is 0 Å². The summed E-state index contributed by atoms with van der Waals surface area (Å²) in [5, 5.41) is 11.3. The number of thioether (sulfide) groups is 1. The van der Waals surface area contributed by atoms with Gasteiger partial charge in [-0.15, -0.1) is 21.5 Å². The number of hydrogen-bond acceptors (Lipinski definition) is 8. The molecule has 4 rings (SSSR count). The zero-order chi connectivity index (χ0) is 22.9. The van der Waals surface area contributed by atoms with Gasteiger partial charge in [-0.3, -0.25) is 9.36 Å². The van der Waals surface area contributed by atoms with E-state index in [4.69, 9.17) is 4.74 Å². The number of benzene rings is 1. The minimum Gasteiger partial charge on any atom is -0.495 e. The molecule has 170 valence electrons. The molecule has 2 aromatic heterocycles. The molecule has 1 fully saturated rings. The van der Waals surface area contributed by atoms with Gasteiger partial charge in [0.25, 0.3) is 0 Å². The molecule has 1 atom stereocenters. The van der Waals surface area contributed by atoms with Crippen LogP contribution in [0.25, 0.3) is 16.4 Å². The van der Waals surface area contributed by atoms with E-state index in [1.54, 1.807) is 30.4 Å². The third-order valence-corrected chi connectivity index (χ3v) is 8.95. The Morgan fingerprint density at radius 2 is 2.16 bits per heavy atom. The Balaban J connectivity index is 1.62. The topological polar surface area (TPSA) is 94.4 Å². The van der Waals surface area contributed by atoms with Gasteiger partial charge < -0.3 is 9.64 Å². The first kappa shape index (κ1) is 22.8. The number of aromatic nitrogens is 3. The summed E-state index contributed by atoms with van der Waals surface area (Å²) in [5.41, 5.74) is 1.85. The van der Waals surface area contributed by atoms with Crippen molar-refractivity contribution in [1.82, 2.24) is 19.7 Å². The summed E-state index contributed by atoms with van der Waals surface area (Å²) in [6.07, 6.45) is 0.481. The molecule has 0 spiro atoms. The molecule has 3 aromatic rings. The summed E-state index contributed by atoms with van der Waals surface area (Å²) in [4.78, 5) is 15.3. The van der Waals surface area contributed by atoms with E-state index in [0.29, 0.717) is 23.2 Å². The van der Waals surface area contributed by atoms with Crippen LogP contribution < -0.4 is 4.74 Å². The Labute approximate surface area is 195 Å². The molecule has 0 aliphatic carbocycles. The Morgan fingerprint density at radius 3 is 2.81 bits per heavy atom. The first-order valence-corrected chi connectivity index (χ1v) is 13.7. The van der Waals surface area contributed by atoms with Crippen LogP contribution in [0.2, 0.25) is 0 Å². The molecule has 0 bridgehead atoms. The fourth-order valence-corrected chi connectivity index (χ4v) is 6.97. The van der Waals surface area contributed by atoms with Gasteiger partial charge in [-0.25, -0.2) is 8.42 Å². The van der Waals surface area contributed by atoms with Crippen LogP contribution in [0.15, 0.2) is 40.9 Å². The number of aryl methyl sites for hydroxylation is 1. The van der Waals surface area contributed by atoms with E-state index in [9.17, 15) is 13.2 Å². The number of thiophene rings is 1. The maximum absolute atomic E-state index is 12.8. The van der Waals surface area contributed by atoms with Gasteiger partial charge in [0.1, 0.15) is 5.75 Å².